The van der Waals surface area contributed by atoms with Crippen LogP contribution in [0.4, 0.5) is 4.79 Å². The lowest BCUT2D eigenvalue weighted by Crippen LogP contribution is -2.53. The third-order valence-electron chi connectivity index (χ3n) is 2.04. The lowest BCUT2D eigenvalue weighted by Gasteiger charge is -2.33. The summed E-state index contributed by atoms with van der Waals surface area (Å²) in [5.41, 5.74) is 2.31. The number of piperazine rings is 1. The molecule has 0 saturated carbocycles. The highest BCUT2D eigenvalue weighted by Crippen LogP contribution is 1.97. The Labute approximate surface area is 76.7 Å². The summed E-state index contributed by atoms with van der Waals surface area (Å²) in [4.78, 5) is 12.4. The number of hydrogen-bond donors (Lipinski definition) is 3. The molecule has 1 aliphatic rings. The predicted molar refractivity (Wildman–Crippen MR) is 46.3 cm³/mol. The summed E-state index contributed by atoms with van der Waals surface area (Å²) in [6.07, 6.45) is -1.02. The van der Waals surface area contributed by atoms with E-state index in [1.807, 2.05) is 0 Å². The van der Waals surface area contributed by atoms with Crippen molar-refractivity contribution in [3.05, 3.63) is 0 Å². The number of hydrazine groups is 1. The number of aliphatic hydroxyl groups is 1. The van der Waals surface area contributed by atoms with Crippen molar-refractivity contribution < 1.29 is 15.0 Å². The minimum Gasteiger partial charge on any atom is -0.464 e. The first-order chi connectivity index (χ1) is 6.22. The van der Waals surface area contributed by atoms with Crippen molar-refractivity contribution in [3.63, 3.8) is 0 Å². The summed E-state index contributed by atoms with van der Waals surface area (Å²) < 4.78 is 0. The van der Waals surface area contributed by atoms with Crippen LogP contribution in [0.3, 0.4) is 0 Å². The molecule has 6 nitrogen and oxygen atoms in total. The van der Waals surface area contributed by atoms with Gasteiger partial charge in [-0.1, -0.05) is 0 Å². The number of β-amino-alcohol motifs (C(OH)–C–C–N with tert-alkyl or cyclic N) is 1. The average molecular weight is 189 g/mol. The molecule has 6 heteroatoms. The van der Waals surface area contributed by atoms with Gasteiger partial charge in [0.05, 0.1) is 6.61 Å². The molecule has 0 radical (unpaired) electrons. The van der Waals surface area contributed by atoms with Crippen molar-refractivity contribution in [2.24, 2.45) is 0 Å². The van der Waals surface area contributed by atoms with Gasteiger partial charge in [-0.3, -0.25) is 10.3 Å². The number of nitrogens with zero attached hydrogens (tertiary/aromatic N) is 2. The molecule has 1 amide bonds. The molecule has 1 fully saturated rings. The average Bonchev–Trinajstić information content (AvgIpc) is 2.08. The fourth-order valence-electron chi connectivity index (χ4n) is 1.36. The summed E-state index contributed by atoms with van der Waals surface area (Å²) in [6, 6.07) is 0. The number of carboxylic acid groups (broad SMARTS) is 1. The number of nitrogens with one attached hydrogen (secondary N) is 1. The van der Waals surface area contributed by atoms with Crippen molar-refractivity contribution >= 4 is 6.09 Å². The van der Waals surface area contributed by atoms with E-state index in [2.05, 4.69) is 10.3 Å². The molecule has 1 heterocycles. The van der Waals surface area contributed by atoms with Crippen molar-refractivity contribution in [1.29, 1.82) is 0 Å². The summed E-state index contributed by atoms with van der Waals surface area (Å²) >= 11 is 0. The summed E-state index contributed by atoms with van der Waals surface area (Å²) in [7, 11) is 0. The van der Waals surface area contributed by atoms with Gasteiger partial charge in [-0.05, 0) is 0 Å². The Kier molecular flexibility index (Phi) is 3.94. The molecule has 0 spiro atoms. The number of aliphatic hydroxyl groups excluding tert-OH is 1. The van der Waals surface area contributed by atoms with Crippen LogP contribution in [0.1, 0.15) is 0 Å². The monoisotopic (exact) mass is 189 g/mol. The zero-order chi connectivity index (χ0) is 9.68. The number of carbonyl (C=O) groups is 1. The van der Waals surface area contributed by atoms with Gasteiger partial charge < -0.3 is 10.2 Å². The van der Waals surface area contributed by atoms with E-state index >= 15 is 0 Å². The van der Waals surface area contributed by atoms with Gasteiger partial charge in [-0.25, -0.2) is 9.80 Å². The van der Waals surface area contributed by atoms with E-state index in [4.69, 9.17) is 10.2 Å². The predicted octanol–water partition coefficient (Wildman–Crippen LogP) is -1.22. The van der Waals surface area contributed by atoms with E-state index in [9.17, 15) is 4.79 Å². The van der Waals surface area contributed by atoms with Crippen LogP contribution in [0.15, 0.2) is 0 Å². The lowest BCUT2D eigenvalue weighted by molar-refractivity contribution is 0.0747. The molecule has 0 bridgehead atoms. The number of amides is 1. The second-order valence-electron chi connectivity index (χ2n) is 2.97. The fraction of sp³-hybridized carbons (Fsp3) is 0.857. The molecule has 0 aliphatic carbocycles. The highest BCUT2D eigenvalue weighted by molar-refractivity contribution is 5.63. The molecule has 1 aliphatic heterocycles. The summed E-state index contributed by atoms with van der Waals surface area (Å²) in [5.74, 6) is 0. The van der Waals surface area contributed by atoms with Crippen molar-refractivity contribution in [2.75, 3.05) is 39.3 Å². The first-order valence-corrected chi connectivity index (χ1v) is 4.30. The van der Waals surface area contributed by atoms with Crippen molar-refractivity contribution in [1.82, 2.24) is 15.3 Å². The Hall–Kier alpha value is -0.850. The first-order valence-electron chi connectivity index (χ1n) is 4.30. The molecule has 1 rings (SSSR count). The van der Waals surface area contributed by atoms with E-state index in [1.165, 1.54) is 0 Å². The minimum atomic E-state index is -1.02. The molecule has 0 aromatic rings. The normalized spacial score (nSPS) is 20.1. The van der Waals surface area contributed by atoms with Crippen LogP contribution >= 0.6 is 0 Å². The molecule has 0 unspecified atom stereocenters. The van der Waals surface area contributed by atoms with Crippen molar-refractivity contribution in [2.45, 2.75) is 0 Å². The van der Waals surface area contributed by atoms with Crippen LogP contribution in [0.5, 0.6) is 0 Å². The fourth-order valence-corrected chi connectivity index (χ4v) is 1.36. The molecule has 1 saturated heterocycles. The second-order valence-corrected chi connectivity index (χ2v) is 2.97. The largest absolute Gasteiger partial charge is 0.464 e. The van der Waals surface area contributed by atoms with Crippen LogP contribution in [0, 0.1) is 0 Å². The lowest BCUT2D eigenvalue weighted by atomic mass is 10.3. The first kappa shape index (κ1) is 10.2. The Morgan fingerprint density at radius 1 is 1.31 bits per heavy atom. The van der Waals surface area contributed by atoms with Gasteiger partial charge >= 0.3 is 6.09 Å². The number of rotatable bonds is 3. The zero-order valence-electron chi connectivity index (χ0n) is 7.44. The van der Waals surface area contributed by atoms with E-state index in [1.54, 1.807) is 5.01 Å². The highest BCUT2D eigenvalue weighted by Gasteiger charge is 2.16. The van der Waals surface area contributed by atoms with Gasteiger partial charge in [0.15, 0.2) is 0 Å². The van der Waals surface area contributed by atoms with Gasteiger partial charge in [0.2, 0.25) is 0 Å². The van der Waals surface area contributed by atoms with Crippen LogP contribution < -0.4 is 5.43 Å². The highest BCUT2D eigenvalue weighted by atomic mass is 16.4. The van der Waals surface area contributed by atoms with Crippen LogP contribution in [0.2, 0.25) is 0 Å². The topological polar surface area (TPSA) is 76.0 Å². The SMILES string of the molecule is O=C(O)NN1CCN(CCO)CC1. The standard InChI is InChI=1S/C7H15N3O3/c11-6-5-9-1-3-10(4-2-9)8-7(12)13/h8,11H,1-6H2,(H,12,13). The third kappa shape index (κ3) is 3.58. The van der Waals surface area contributed by atoms with Crippen LogP contribution in [-0.2, 0) is 0 Å². The Bertz CT molecular complexity index is 168. The third-order valence-corrected chi connectivity index (χ3v) is 2.04. The van der Waals surface area contributed by atoms with E-state index < -0.39 is 6.09 Å². The van der Waals surface area contributed by atoms with Crippen LogP contribution in [-0.4, -0.2) is 65.5 Å². The quantitative estimate of drug-likeness (QED) is 0.519. The molecular formula is C7H15N3O3. The Balaban J connectivity index is 2.18. The Morgan fingerprint density at radius 3 is 2.38 bits per heavy atom. The van der Waals surface area contributed by atoms with Gasteiger partial charge in [0, 0.05) is 32.7 Å². The molecule has 0 aromatic heterocycles. The maximum absolute atomic E-state index is 10.3. The molecule has 3 N–H and O–H groups in total. The minimum absolute atomic E-state index is 0.159. The molecule has 0 aromatic carbocycles. The molecule has 0 atom stereocenters. The van der Waals surface area contributed by atoms with Gasteiger partial charge in [-0.2, -0.15) is 0 Å². The summed E-state index contributed by atoms with van der Waals surface area (Å²) in [5, 5.41) is 18.8. The van der Waals surface area contributed by atoms with E-state index in [-0.39, 0.29) is 6.61 Å². The second kappa shape index (κ2) is 5.00. The van der Waals surface area contributed by atoms with Gasteiger partial charge in [0.25, 0.3) is 0 Å². The zero-order valence-corrected chi connectivity index (χ0v) is 7.44. The Morgan fingerprint density at radius 2 is 1.92 bits per heavy atom. The maximum atomic E-state index is 10.3. The number of hydrogen-bond acceptors (Lipinski definition) is 4. The smallest absolute Gasteiger partial charge is 0.419 e. The molecule has 76 valence electrons. The van der Waals surface area contributed by atoms with Crippen LogP contribution in [0.25, 0.3) is 0 Å². The maximum Gasteiger partial charge on any atom is 0.419 e. The van der Waals surface area contributed by atoms with E-state index in [0.29, 0.717) is 19.6 Å². The van der Waals surface area contributed by atoms with Crippen molar-refractivity contribution in [3.8, 4) is 0 Å². The molecule has 13 heavy (non-hydrogen) atoms. The summed E-state index contributed by atoms with van der Waals surface area (Å²) in [6.45, 7) is 3.76. The van der Waals surface area contributed by atoms with Gasteiger partial charge in [0.1, 0.15) is 0 Å². The van der Waals surface area contributed by atoms with E-state index in [0.717, 1.165) is 13.1 Å². The van der Waals surface area contributed by atoms with Gasteiger partial charge in [-0.15, -0.1) is 0 Å². The molecular weight excluding hydrogens is 174 g/mol.